The minimum absolute atomic E-state index is 0.0439. The largest absolute Gasteiger partial charge is 0.322 e. The maximum atomic E-state index is 13.8. The Morgan fingerprint density at radius 1 is 1.21 bits per heavy atom. The third kappa shape index (κ3) is 3.69. The highest BCUT2D eigenvalue weighted by atomic mass is 35.5. The van der Waals surface area contributed by atoms with E-state index in [0.717, 1.165) is 17.3 Å². The molecule has 0 radical (unpaired) electrons. The van der Waals surface area contributed by atoms with E-state index < -0.39 is 11.7 Å². The summed E-state index contributed by atoms with van der Waals surface area (Å²) in [5, 5.41) is 13.5. The molecular formula is C15H10Cl2FN5O. The molecule has 0 unspecified atom stereocenters. The number of tetrazole rings is 1. The van der Waals surface area contributed by atoms with Crippen LogP contribution >= 0.6 is 23.2 Å². The standard InChI is InChI=1S/C15H10Cl2FN5O/c16-10-6-12(17)15(13(18)7-10)20-14(24)5-9-1-3-11(4-2-9)23-8-19-21-22-23/h1-4,6-8H,5H2,(H,20,24). The lowest BCUT2D eigenvalue weighted by Crippen LogP contribution is -2.15. The van der Waals surface area contributed by atoms with Crippen LogP contribution in [0.2, 0.25) is 10.0 Å². The molecular weight excluding hydrogens is 356 g/mol. The molecule has 122 valence electrons. The predicted molar refractivity (Wildman–Crippen MR) is 87.9 cm³/mol. The molecule has 3 aromatic rings. The summed E-state index contributed by atoms with van der Waals surface area (Å²) in [6.07, 6.45) is 1.53. The highest BCUT2D eigenvalue weighted by Crippen LogP contribution is 2.29. The molecule has 0 saturated carbocycles. The molecule has 0 fully saturated rings. The Bertz CT molecular complexity index is 845. The van der Waals surface area contributed by atoms with Crippen molar-refractivity contribution >= 4 is 34.8 Å². The van der Waals surface area contributed by atoms with E-state index in [1.54, 1.807) is 24.3 Å². The minimum Gasteiger partial charge on any atom is -0.322 e. The maximum Gasteiger partial charge on any atom is 0.228 e. The Morgan fingerprint density at radius 3 is 2.58 bits per heavy atom. The second kappa shape index (κ2) is 6.94. The smallest absolute Gasteiger partial charge is 0.228 e. The lowest BCUT2D eigenvalue weighted by atomic mass is 10.1. The van der Waals surface area contributed by atoms with Gasteiger partial charge in [-0.25, -0.2) is 9.07 Å². The average Bonchev–Trinajstić information content (AvgIpc) is 3.06. The zero-order valence-corrected chi connectivity index (χ0v) is 13.6. The summed E-state index contributed by atoms with van der Waals surface area (Å²) in [6, 6.07) is 9.52. The monoisotopic (exact) mass is 365 g/mol. The van der Waals surface area contributed by atoms with E-state index in [9.17, 15) is 9.18 Å². The van der Waals surface area contributed by atoms with E-state index >= 15 is 0 Å². The van der Waals surface area contributed by atoms with E-state index in [2.05, 4.69) is 20.8 Å². The number of carbonyl (C=O) groups is 1. The van der Waals surface area contributed by atoms with Crippen LogP contribution < -0.4 is 5.32 Å². The van der Waals surface area contributed by atoms with Crippen LogP contribution in [-0.2, 0) is 11.2 Å². The van der Waals surface area contributed by atoms with Gasteiger partial charge < -0.3 is 5.32 Å². The first-order valence-electron chi connectivity index (χ1n) is 6.79. The van der Waals surface area contributed by atoms with Crippen molar-refractivity contribution < 1.29 is 9.18 Å². The van der Waals surface area contributed by atoms with Gasteiger partial charge in [-0.15, -0.1) is 5.10 Å². The highest BCUT2D eigenvalue weighted by molar-refractivity contribution is 6.36. The number of benzene rings is 2. The molecule has 1 aromatic heterocycles. The molecule has 1 heterocycles. The summed E-state index contributed by atoms with van der Waals surface area (Å²) < 4.78 is 15.3. The number of halogens is 3. The SMILES string of the molecule is O=C(Cc1ccc(-n2cnnn2)cc1)Nc1c(F)cc(Cl)cc1Cl. The van der Waals surface area contributed by atoms with Gasteiger partial charge in [-0.2, -0.15) is 0 Å². The van der Waals surface area contributed by atoms with Gasteiger partial charge in [0.1, 0.15) is 12.1 Å². The van der Waals surface area contributed by atoms with Crippen molar-refractivity contribution in [2.24, 2.45) is 0 Å². The van der Waals surface area contributed by atoms with Crippen LogP contribution in [-0.4, -0.2) is 26.1 Å². The summed E-state index contributed by atoms with van der Waals surface area (Å²) in [7, 11) is 0. The van der Waals surface area contributed by atoms with Gasteiger partial charge in [-0.1, -0.05) is 35.3 Å². The lowest BCUT2D eigenvalue weighted by Gasteiger charge is -2.09. The molecule has 9 heteroatoms. The normalized spacial score (nSPS) is 10.6. The third-order valence-corrected chi connectivity index (χ3v) is 3.70. The van der Waals surface area contributed by atoms with Crippen LogP contribution in [0, 0.1) is 5.82 Å². The maximum absolute atomic E-state index is 13.8. The number of amides is 1. The predicted octanol–water partition coefficient (Wildman–Crippen LogP) is 3.29. The summed E-state index contributed by atoms with van der Waals surface area (Å²) in [6.45, 7) is 0. The van der Waals surface area contributed by atoms with Gasteiger partial charge in [0.15, 0.2) is 0 Å². The number of hydrogen-bond acceptors (Lipinski definition) is 4. The van der Waals surface area contributed by atoms with Gasteiger partial charge in [0.2, 0.25) is 5.91 Å². The van der Waals surface area contributed by atoms with Gasteiger partial charge in [0.25, 0.3) is 0 Å². The number of carbonyl (C=O) groups excluding carboxylic acids is 1. The van der Waals surface area contributed by atoms with Crippen molar-refractivity contribution in [1.29, 1.82) is 0 Å². The molecule has 1 amide bonds. The first-order chi connectivity index (χ1) is 11.5. The molecule has 1 N–H and O–H groups in total. The first kappa shape index (κ1) is 16.4. The summed E-state index contributed by atoms with van der Waals surface area (Å²) in [5.74, 6) is -1.08. The molecule has 2 aromatic carbocycles. The number of aromatic nitrogens is 4. The fraction of sp³-hybridized carbons (Fsp3) is 0.0667. The molecule has 0 aliphatic carbocycles. The number of rotatable bonds is 4. The minimum atomic E-state index is -0.685. The van der Waals surface area contributed by atoms with Crippen molar-refractivity contribution in [3.05, 3.63) is 64.2 Å². The van der Waals surface area contributed by atoms with E-state index in [1.165, 1.54) is 17.1 Å². The third-order valence-electron chi connectivity index (χ3n) is 3.19. The quantitative estimate of drug-likeness (QED) is 0.769. The van der Waals surface area contributed by atoms with Crippen molar-refractivity contribution in [1.82, 2.24) is 20.2 Å². The van der Waals surface area contributed by atoms with Gasteiger partial charge >= 0.3 is 0 Å². The van der Waals surface area contributed by atoms with Crippen LogP contribution in [0.25, 0.3) is 5.69 Å². The molecule has 6 nitrogen and oxygen atoms in total. The fourth-order valence-corrected chi connectivity index (χ4v) is 2.59. The Morgan fingerprint density at radius 2 is 1.96 bits per heavy atom. The molecule has 0 atom stereocenters. The van der Waals surface area contributed by atoms with Gasteiger partial charge in [0, 0.05) is 5.02 Å². The van der Waals surface area contributed by atoms with Gasteiger partial charge in [-0.05, 0) is 40.3 Å². The molecule has 24 heavy (non-hydrogen) atoms. The molecule has 3 rings (SSSR count). The van der Waals surface area contributed by atoms with Crippen molar-refractivity contribution in [3.8, 4) is 5.69 Å². The van der Waals surface area contributed by atoms with Crippen LogP contribution in [0.1, 0.15) is 5.56 Å². The van der Waals surface area contributed by atoms with E-state index in [-0.39, 0.29) is 22.2 Å². The van der Waals surface area contributed by atoms with Crippen molar-refractivity contribution in [2.75, 3.05) is 5.32 Å². The Hall–Kier alpha value is -2.51. The lowest BCUT2D eigenvalue weighted by molar-refractivity contribution is -0.115. The zero-order valence-electron chi connectivity index (χ0n) is 12.1. The number of nitrogens with one attached hydrogen (secondary N) is 1. The average molecular weight is 366 g/mol. The van der Waals surface area contributed by atoms with Gasteiger partial charge in [-0.3, -0.25) is 4.79 Å². The van der Waals surface area contributed by atoms with E-state index in [4.69, 9.17) is 23.2 Å². The van der Waals surface area contributed by atoms with E-state index in [0.29, 0.717) is 0 Å². The fourth-order valence-electron chi connectivity index (χ4n) is 2.08. The van der Waals surface area contributed by atoms with Crippen molar-refractivity contribution in [3.63, 3.8) is 0 Å². The van der Waals surface area contributed by atoms with Gasteiger partial charge in [0.05, 0.1) is 22.8 Å². The number of nitrogens with zero attached hydrogens (tertiary/aromatic N) is 4. The second-order valence-electron chi connectivity index (χ2n) is 4.89. The number of anilines is 1. The molecule has 0 bridgehead atoms. The second-order valence-corrected chi connectivity index (χ2v) is 5.73. The topological polar surface area (TPSA) is 72.7 Å². The molecule has 0 saturated heterocycles. The molecule has 0 aliphatic heterocycles. The Kier molecular flexibility index (Phi) is 4.73. The first-order valence-corrected chi connectivity index (χ1v) is 7.55. The van der Waals surface area contributed by atoms with Crippen LogP contribution in [0.4, 0.5) is 10.1 Å². The molecule has 0 aliphatic rings. The summed E-state index contributed by atoms with van der Waals surface area (Å²) >= 11 is 11.6. The van der Waals surface area contributed by atoms with E-state index in [1.807, 2.05) is 0 Å². The Balaban J connectivity index is 1.69. The van der Waals surface area contributed by atoms with Crippen molar-refractivity contribution in [2.45, 2.75) is 6.42 Å². The molecule has 0 spiro atoms. The Labute approximate surface area is 146 Å². The van der Waals surface area contributed by atoms with Crippen LogP contribution in [0.3, 0.4) is 0 Å². The zero-order chi connectivity index (χ0) is 17.1. The van der Waals surface area contributed by atoms with Crippen LogP contribution in [0.5, 0.6) is 0 Å². The highest BCUT2D eigenvalue weighted by Gasteiger charge is 2.13. The number of hydrogen-bond donors (Lipinski definition) is 1. The van der Waals surface area contributed by atoms with Crippen LogP contribution in [0.15, 0.2) is 42.7 Å². The summed E-state index contributed by atoms with van der Waals surface area (Å²) in [5.41, 5.74) is 1.42. The summed E-state index contributed by atoms with van der Waals surface area (Å²) in [4.78, 5) is 12.1.